The monoisotopic (exact) mass is 314 g/mol. The van der Waals surface area contributed by atoms with Gasteiger partial charge in [-0.25, -0.2) is 0 Å². The van der Waals surface area contributed by atoms with Crippen LogP contribution >= 0.6 is 0 Å². The van der Waals surface area contributed by atoms with Gasteiger partial charge in [-0.15, -0.1) is 0 Å². The number of epoxide rings is 2. The summed E-state index contributed by atoms with van der Waals surface area (Å²) in [6.07, 6.45) is 16.9. The third kappa shape index (κ3) is 14.8. The smallest absolute Gasteiger partial charge is 0.0810 e. The minimum absolute atomic E-state index is 0.625. The van der Waals surface area contributed by atoms with Gasteiger partial charge in [-0.2, -0.15) is 0 Å². The highest BCUT2D eigenvalue weighted by atomic mass is 16.6. The van der Waals surface area contributed by atoms with E-state index in [0.717, 1.165) is 26.3 Å². The molecule has 0 aliphatic carbocycles. The highest BCUT2D eigenvalue weighted by Crippen LogP contribution is 2.21. The lowest BCUT2D eigenvalue weighted by atomic mass is 10.1. The minimum atomic E-state index is 0.625. The molecule has 2 unspecified atom stereocenters. The second-order valence-electron chi connectivity index (χ2n) is 6.60. The van der Waals surface area contributed by atoms with E-state index in [9.17, 15) is 0 Å². The van der Waals surface area contributed by atoms with Crippen molar-refractivity contribution < 1.29 is 9.47 Å². The van der Waals surface area contributed by atoms with Crippen molar-refractivity contribution >= 4 is 0 Å². The van der Waals surface area contributed by atoms with Crippen LogP contribution in [0, 0.1) is 0 Å². The number of rotatable bonds is 14. The standard InChI is InChI=1S/C10H24N2.C8H14O2/c11-9-7-5-3-1-2-4-6-8-10-12;1(3-7-5-9-7)2-4-8-6-10-8/h1-12H2;7-8H,1-6H2. The molecule has 2 aliphatic rings. The average molecular weight is 315 g/mol. The van der Waals surface area contributed by atoms with Crippen molar-refractivity contribution in [1.82, 2.24) is 0 Å². The third-order valence-corrected chi connectivity index (χ3v) is 4.27. The van der Waals surface area contributed by atoms with Gasteiger partial charge in [0, 0.05) is 0 Å². The summed E-state index contributed by atoms with van der Waals surface area (Å²) < 4.78 is 10.2. The first-order valence-electron chi connectivity index (χ1n) is 9.50. The van der Waals surface area contributed by atoms with Gasteiger partial charge in [0.1, 0.15) is 0 Å². The molecule has 4 heteroatoms. The summed E-state index contributed by atoms with van der Waals surface area (Å²) in [5.41, 5.74) is 10.8. The molecular formula is C18H38N2O2. The first-order valence-corrected chi connectivity index (χ1v) is 9.50. The van der Waals surface area contributed by atoms with Crippen LogP contribution in [-0.4, -0.2) is 38.5 Å². The van der Waals surface area contributed by atoms with Crippen LogP contribution in [0.3, 0.4) is 0 Å². The quantitative estimate of drug-likeness (QED) is 0.381. The van der Waals surface area contributed by atoms with E-state index in [1.54, 1.807) is 0 Å². The number of hydrogen-bond donors (Lipinski definition) is 2. The Hall–Kier alpha value is -0.160. The Balaban J connectivity index is 0.000000222. The van der Waals surface area contributed by atoms with Crippen LogP contribution in [0.25, 0.3) is 0 Å². The number of nitrogens with two attached hydrogens (primary N) is 2. The maximum atomic E-state index is 5.40. The second kappa shape index (κ2) is 14.4. The highest BCUT2D eigenvalue weighted by Gasteiger charge is 2.23. The minimum Gasteiger partial charge on any atom is -0.373 e. The zero-order valence-electron chi connectivity index (χ0n) is 14.4. The van der Waals surface area contributed by atoms with Gasteiger partial charge in [-0.1, -0.05) is 51.4 Å². The zero-order valence-corrected chi connectivity index (χ0v) is 14.4. The Morgan fingerprint density at radius 1 is 0.545 bits per heavy atom. The van der Waals surface area contributed by atoms with Crippen molar-refractivity contribution in [3.63, 3.8) is 0 Å². The van der Waals surface area contributed by atoms with Crippen LogP contribution < -0.4 is 11.5 Å². The largest absolute Gasteiger partial charge is 0.373 e. The van der Waals surface area contributed by atoms with E-state index in [-0.39, 0.29) is 0 Å². The van der Waals surface area contributed by atoms with Crippen molar-refractivity contribution in [2.24, 2.45) is 11.5 Å². The molecule has 2 fully saturated rings. The average Bonchev–Trinajstić information content (AvgIpc) is 3.41. The molecule has 2 rings (SSSR count). The van der Waals surface area contributed by atoms with E-state index >= 15 is 0 Å². The van der Waals surface area contributed by atoms with Crippen molar-refractivity contribution in [1.29, 1.82) is 0 Å². The van der Waals surface area contributed by atoms with Gasteiger partial charge >= 0.3 is 0 Å². The molecule has 0 saturated carbocycles. The molecule has 0 bridgehead atoms. The van der Waals surface area contributed by atoms with Gasteiger partial charge in [-0.05, 0) is 38.8 Å². The molecule has 0 aromatic heterocycles. The molecule has 2 heterocycles. The fourth-order valence-corrected chi connectivity index (χ4v) is 2.56. The summed E-state index contributed by atoms with van der Waals surface area (Å²) in [6.45, 7) is 3.74. The van der Waals surface area contributed by atoms with Gasteiger partial charge in [0.05, 0.1) is 25.4 Å². The summed E-state index contributed by atoms with van der Waals surface area (Å²) in [4.78, 5) is 0. The SMILES string of the molecule is C(CCC1CO1)CC1CO1.NCCCCCCCCCCN. The van der Waals surface area contributed by atoms with E-state index in [1.165, 1.54) is 77.0 Å². The van der Waals surface area contributed by atoms with E-state index in [4.69, 9.17) is 20.9 Å². The Morgan fingerprint density at radius 3 is 1.14 bits per heavy atom. The van der Waals surface area contributed by atoms with E-state index < -0.39 is 0 Å². The second-order valence-corrected chi connectivity index (χ2v) is 6.60. The fraction of sp³-hybridized carbons (Fsp3) is 1.00. The van der Waals surface area contributed by atoms with Crippen LogP contribution in [-0.2, 0) is 9.47 Å². The molecule has 2 aliphatic heterocycles. The molecular weight excluding hydrogens is 276 g/mol. The Morgan fingerprint density at radius 2 is 0.864 bits per heavy atom. The molecule has 4 N–H and O–H groups in total. The maximum absolute atomic E-state index is 5.40. The number of hydrogen-bond acceptors (Lipinski definition) is 4. The molecule has 2 saturated heterocycles. The summed E-state index contributed by atoms with van der Waals surface area (Å²) in [6, 6.07) is 0. The van der Waals surface area contributed by atoms with Gasteiger partial charge < -0.3 is 20.9 Å². The number of unbranched alkanes of at least 4 members (excludes halogenated alkanes) is 8. The molecule has 22 heavy (non-hydrogen) atoms. The molecule has 0 aromatic carbocycles. The van der Waals surface area contributed by atoms with Crippen molar-refractivity contribution in [3.8, 4) is 0 Å². The topological polar surface area (TPSA) is 77.1 Å². The van der Waals surface area contributed by atoms with Gasteiger partial charge in [0.15, 0.2) is 0 Å². The first kappa shape index (κ1) is 19.9. The van der Waals surface area contributed by atoms with Crippen molar-refractivity contribution in [2.75, 3.05) is 26.3 Å². The summed E-state index contributed by atoms with van der Waals surface area (Å²) >= 11 is 0. The lowest BCUT2D eigenvalue weighted by Gasteiger charge is -2.00. The lowest BCUT2D eigenvalue weighted by molar-refractivity contribution is 0.370. The van der Waals surface area contributed by atoms with E-state index in [0.29, 0.717) is 12.2 Å². The molecule has 0 spiro atoms. The van der Waals surface area contributed by atoms with Crippen molar-refractivity contribution in [2.45, 2.75) is 89.3 Å². The van der Waals surface area contributed by atoms with Crippen LogP contribution in [0.2, 0.25) is 0 Å². The first-order chi connectivity index (χ1) is 10.9. The maximum Gasteiger partial charge on any atom is 0.0810 e. The molecule has 2 atom stereocenters. The van der Waals surface area contributed by atoms with Gasteiger partial charge in [-0.3, -0.25) is 0 Å². The Bertz CT molecular complexity index is 207. The predicted octanol–water partition coefficient (Wildman–Crippen LogP) is 3.37. The van der Waals surface area contributed by atoms with Crippen LogP contribution in [0.5, 0.6) is 0 Å². The lowest BCUT2D eigenvalue weighted by Crippen LogP contribution is -1.98. The van der Waals surface area contributed by atoms with E-state index in [1.807, 2.05) is 0 Å². The zero-order chi connectivity index (χ0) is 15.9. The highest BCUT2D eigenvalue weighted by molar-refractivity contribution is 4.71. The Kier molecular flexibility index (Phi) is 13.0. The van der Waals surface area contributed by atoms with Crippen LogP contribution in [0.4, 0.5) is 0 Å². The molecule has 0 amide bonds. The third-order valence-electron chi connectivity index (χ3n) is 4.27. The fourth-order valence-electron chi connectivity index (χ4n) is 2.56. The Labute approximate surface area is 137 Å². The molecule has 4 nitrogen and oxygen atoms in total. The number of ether oxygens (including phenoxy) is 2. The molecule has 0 aromatic rings. The normalized spacial score (nSPS) is 22.1. The summed E-state index contributed by atoms with van der Waals surface area (Å²) in [7, 11) is 0. The predicted molar refractivity (Wildman–Crippen MR) is 93.0 cm³/mol. The van der Waals surface area contributed by atoms with Crippen molar-refractivity contribution in [3.05, 3.63) is 0 Å². The van der Waals surface area contributed by atoms with Gasteiger partial charge in [0.2, 0.25) is 0 Å². The summed E-state index contributed by atoms with van der Waals surface area (Å²) in [5.74, 6) is 0. The van der Waals surface area contributed by atoms with Crippen LogP contribution in [0.1, 0.15) is 77.0 Å². The van der Waals surface area contributed by atoms with Gasteiger partial charge in [0.25, 0.3) is 0 Å². The molecule has 132 valence electrons. The van der Waals surface area contributed by atoms with E-state index in [2.05, 4.69) is 0 Å². The van der Waals surface area contributed by atoms with Crippen LogP contribution in [0.15, 0.2) is 0 Å². The molecule has 0 radical (unpaired) electrons. The summed E-state index contributed by atoms with van der Waals surface area (Å²) in [5, 5.41) is 0.